The second kappa shape index (κ2) is 5.31. The van der Waals surface area contributed by atoms with E-state index in [1.165, 1.54) is 6.07 Å². The van der Waals surface area contributed by atoms with Gasteiger partial charge in [0, 0.05) is 0 Å². The molecule has 0 aromatic heterocycles. The Bertz CT molecular complexity index is 666. The number of Topliss-reactive ketones (excluding diaryl/α,β-unsaturated/α-hetero) is 1. The quantitative estimate of drug-likeness (QED) is 0.661. The molecule has 0 spiro atoms. The van der Waals surface area contributed by atoms with Gasteiger partial charge in [-0.15, -0.1) is 6.42 Å². The van der Waals surface area contributed by atoms with Gasteiger partial charge in [-0.1, -0.05) is 17.5 Å². The van der Waals surface area contributed by atoms with Gasteiger partial charge in [0.15, 0.2) is 0 Å². The van der Waals surface area contributed by atoms with Gasteiger partial charge in [0.25, 0.3) is 11.7 Å². The number of rotatable bonds is 3. The normalized spacial score (nSPS) is 13.2. The zero-order chi connectivity index (χ0) is 14.9. The number of amides is 2. The summed E-state index contributed by atoms with van der Waals surface area (Å²) in [6.07, 6.45) is 4.98. The Kier molecular flexibility index (Phi) is 3.72. The third kappa shape index (κ3) is 2.24. The number of benzene rings is 1. The smallest absolute Gasteiger partial charge is 0.300 e. The Balaban J connectivity index is 2.36. The fourth-order valence-electron chi connectivity index (χ4n) is 1.85. The average molecular weight is 295 g/mol. The summed E-state index contributed by atoms with van der Waals surface area (Å²) in [7, 11) is 0. The lowest BCUT2D eigenvalue weighted by Crippen LogP contribution is -2.40. The van der Waals surface area contributed by atoms with Gasteiger partial charge < -0.3 is 5.32 Å². The van der Waals surface area contributed by atoms with Crippen molar-refractivity contribution in [3.05, 3.63) is 28.5 Å². The number of terminal acetylenes is 1. The summed E-state index contributed by atoms with van der Waals surface area (Å²) in [5, 5.41) is 2.29. The van der Waals surface area contributed by atoms with E-state index in [0.717, 1.165) is 11.0 Å². The van der Waals surface area contributed by atoms with Gasteiger partial charge >= 0.3 is 0 Å². The number of fused-ring (bicyclic) bond motifs is 1. The maximum absolute atomic E-state index is 13.8. The molecule has 0 fully saturated rings. The van der Waals surface area contributed by atoms with E-state index < -0.39 is 30.0 Å². The molecule has 7 heteroatoms. The van der Waals surface area contributed by atoms with Crippen molar-refractivity contribution in [2.45, 2.75) is 0 Å². The van der Waals surface area contributed by atoms with Gasteiger partial charge in [-0.2, -0.15) is 0 Å². The molecule has 1 heterocycles. The number of nitrogens with one attached hydrogen (secondary N) is 1. The van der Waals surface area contributed by atoms with E-state index in [4.69, 9.17) is 18.0 Å². The van der Waals surface area contributed by atoms with Crippen molar-refractivity contribution in [2.24, 2.45) is 0 Å². The molecule has 1 aliphatic heterocycles. The highest BCUT2D eigenvalue weighted by Gasteiger charge is 2.40. The number of carbonyl (C=O) groups excluding carboxylic acids is 3. The average Bonchev–Trinajstić information content (AvgIpc) is 2.67. The molecule has 0 saturated heterocycles. The van der Waals surface area contributed by atoms with Gasteiger partial charge in [0.05, 0.1) is 22.8 Å². The van der Waals surface area contributed by atoms with E-state index in [2.05, 4.69) is 11.2 Å². The van der Waals surface area contributed by atoms with Crippen molar-refractivity contribution in [1.82, 2.24) is 5.32 Å². The summed E-state index contributed by atoms with van der Waals surface area (Å²) >= 11 is 5.79. The molecule has 0 radical (unpaired) electrons. The molecule has 20 heavy (non-hydrogen) atoms. The Hall–Kier alpha value is -2.39. The number of anilines is 1. The fourth-order valence-corrected chi connectivity index (χ4v) is 2.09. The largest absolute Gasteiger partial charge is 0.344 e. The number of hydrogen-bond acceptors (Lipinski definition) is 3. The molecule has 1 aromatic rings. The minimum atomic E-state index is -0.997. The van der Waals surface area contributed by atoms with Crippen molar-refractivity contribution < 1.29 is 18.8 Å². The van der Waals surface area contributed by atoms with Crippen molar-refractivity contribution in [1.29, 1.82) is 0 Å². The summed E-state index contributed by atoms with van der Waals surface area (Å²) in [4.78, 5) is 35.9. The maximum Gasteiger partial charge on any atom is 0.300 e. The van der Waals surface area contributed by atoms with Crippen LogP contribution >= 0.6 is 11.6 Å². The first-order chi connectivity index (χ1) is 9.47. The van der Waals surface area contributed by atoms with Crippen LogP contribution in [0.3, 0.4) is 0 Å². The van der Waals surface area contributed by atoms with Crippen LogP contribution in [-0.2, 0) is 9.59 Å². The first-order valence-electron chi connectivity index (χ1n) is 5.51. The first kappa shape index (κ1) is 14.0. The maximum atomic E-state index is 13.8. The summed E-state index contributed by atoms with van der Waals surface area (Å²) in [5.41, 5.74) is -0.496. The van der Waals surface area contributed by atoms with Crippen molar-refractivity contribution in [3.63, 3.8) is 0 Å². The van der Waals surface area contributed by atoms with Crippen molar-refractivity contribution in [3.8, 4) is 12.3 Å². The van der Waals surface area contributed by atoms with Crippen LogP contribution in [0, 0.1) is 18.2 Å². The molecule has 5 nitrogen and oxygen atoms in total. The Morgan fingerprint density at radius 3 is 2.80 bits per heavy atom. The van der Waals surface area contributed by atoms with Crippen molar-refractivity contribution >= 4 is 34.9 Å². The van der Waals surface area contributed by atoms with E-state index in [9.17, 15) is 18.8 Å². The van der Waals surface area contributed by atoms with Gasteiger partial charge in [-0.3, -0.25) is 19.3 Å². The summed E-state index contributed by atoms with van der Waals surface area (Å²) < 4.78 is 13.8. The van der Waals surface area contributed by atoms with E-state index in [-0.39, 0.29) is 22.8 Å². The van der Waals surface area contributed by atoms with E-state index in [0.29, 0.717) is 0 Å². The molecular formula is C13H8ClFN2O3. The van der Waals surface area contributed by atoms with E-state index >= 15 is 0 Å². The highest BCUT2D eigenvalue weighted by Crippen LogP contribution is 2.36. The Labute approximate surface area is 118 Å². The zero-order valence-corrected chi connectivity index (χ0v) is 10.8. The molecule has 1 N–H and O–H groups in total. The van der Waals surface area contributed by atoms with E-state index in [1.54, 1.807) is 0 Å². The molecule has 1 aliphatic rings. The van der Waals surface area contributed by atoms with E-state index in [1.807, 2.05) is 0 Å². The molecule has 102 valence electrons. The number of ketones is 1. The number of carbonyl (C=O) groups is 3. The number of hydrogen-bond donors (Lipinski definition) is 1. The second-order valence-corrected chi connectivity index (χ2v) is 4.36. The molecule has 0 unspecified atom stereocenters. The first-order valence-corrected chi connectivity index (χ1v) is 5.89. The van der Waals surface area contributed by atoms with Gasteiger partial charge in [-0.25, -0.2) is 4.39 Å². The van der Waals surface area contributed by atoms with Crippen LogP contribution in [0.25, 0.3) is 0 Å². The minimum absolute atomic E-state index is 0.0281. The van der Waals surface area contributed by atoms with Crippen LogP contribution in [0.15, 0.2) is 12.1 Å². The van der Waals surface area contributed by atoms with Crippen LogP contribution < -0.4 is 10.2 Å². The lowest BCUT2D eigenvalue weighted by molar-refractivity contribution is -0.121. The number of halogens is 2. The van der Waals surface area contributed by atoms with Crippen LogP contribution in [0.2, 0.25) is 5.02 Å². The molecule has 0 bridgehead atoms. The molecule has 0 atom stereocenters. The van der Waals surface area contributed by atoms with Gasteiger partial charge in [0.2, 0.25) is 5.91 Å². The summed E-state index contributed by atoms with van der Waals surface area (Å²) in [6.45, 7) is -0.532. The Morgan fingerprint density at radius 1 is 1.45 bits per heavy atom. The molecule has 0 aliphatic carbocycles. The predicted octanol–water partition coefficient (Wildman–Crippen LogP) is 0.758. The Morgan fingerprint density at radius 2 is 2.15 bits per heavy atom. The highest BCUT2D eigenvalue weighted by atomic mass is 35.5. The summed E-state index contributed by atoms with van der Waals surface area (Å²) in [6, 6.07) is 2.21. The SMILES string of the molecule is C#CCNC(=O)CN1C(=O)C(=O)c2c(Cl)ccc(F)c21. The third-order valence-corrected chi connectivity index (χ3v) is 3.02. The monoisotopic (exact) mass is 294 g/mol. The van der Waals surface area contributed by atoms with Gasteiger partial charge in [0.1, 0.15) is 12.4 Å². The topological polar surface area (TPSA) is 66.5 Å². The number of nitrogens with zero attached hydrogens (tertiary/aromatic N) is 1. The molecule has 2 rings (SSSR count). The standard InChI is InChI=1S/C13H8ClFN2O3/c1-2-5-16-9(18)6-17-11-8(15)4-3-7(14)10(11)12(19)13(17)20/h1,3-4H,5-6H2,(H,16,18). The highest BCUT2D eigenvalue weighted by molar-refractivity contribution is 6.55. The summed E-state index contributed by atoms with van der Waals surface area (Å²) in [5.74, 6) is -1.15. The van der Waals surface area contributed by atoms with Crippen LogP contribution in [0.5, 0.6) is 0 Å². The lowest BCUT2D eigenvalue weighted by atomic mass is 10.1. The van der Waals surface area contributed by atoms with Crippen LogP contribution in [-0.4, -0.2) is 30.7 Å². The fraction of sp³-hybridized carbons (Fsp3) is 0.154. The van der Waals surface area contributed by atoms with Crippen LogP contribution in [0.1, 0.15) is 10.4 Å². The predicted molar refractivity (Wildman–Crippen MR) is 69.9 cm³/mol. The third-order valence-electron chi connectivity index (χ3n) is 2.70. The molecule has 1 aromatic carbocycles. The lowest BCUT2D eigenvalue weighted by Gasteiger charge is -2.16. The van der Waals surface area contributed by atoms with Crippen LogP contribution in [0.4, 0.5) is 10.1 Å². The molecule has 2 amide bonds. The zero-order valence-electron chi connectivity index (χ0n) is 10.1. The van der Waals surface area contributed by atoms with Gasteiger partial charge in [-0.05, 0) is 12.1 Å². The second-order valence-electron chi connectivity index (χ2n) is 3.95. The van der Waals surface area contributed by atoms with Crippen molar-refractivity contribution in [2.75, 3.05) is 18.0 Å². The minimum Gasteiger partial charge on any atom is -0.344 e. The molecule has 0 saturated carbocycles. The molecular weight excluding hydrogens is 287 g/mol.